The zero-order valence-electron chi connectivity index (χ0n) is 11.9. The van der Waals surface area contributed by atoms with Crippen LogP contribution in [0.15, 0.2) is 12.4 Å². The minimum absolute atomic E-state index is 0.00510. The van der Waals surface area contributed by atoms with Crippen LogP contribution in [0.1, 0.15) is 20.3 Å². The largest absolute Gasteiger partial charge is 0.478 e. The lowest BCUT2D eigenvalue weighted by Crippen LogP contribution is -2.39. The third kappa shape index (κ3) is 3.72. The van der Waals surface area contributed by atoms with Crippen molar-refractivity contribution < 1.29 is 9.53 Å². The van der Waals surface area contributed by atoms with Crippen LogP contribution in [0.3, 0.4) is 0 Å². The molecule has 0 saturated carbocycles. The highest BCUT2D eigenvalue weighted by atomic mass is 16.5. The lowest BCUT2D eigenvalue weighted by atomic mass is 10.2. The molecule has 0 bridgehead atoms. The molecule has 1 aliphatic rings. The van der Waals surface area contributed by atoms with Crippen molar-refractivity contribution in [1.29, 1.82) is 0 Å². The van der Waals surface area contributed by atoms with Crippen LogP contribution in [0, 0.1) is 0 Å². The van der Waals surface area contributed by atoms with Crippen molar-refractivity contribution in [3.8, 4) is 5.88 Å². The van der Waals surface area contributed by atoms with E-state index in [4.69, 9.17) is 4.74 Å². The fraction of sp³-hybridized carbons (Fsp3) is 0.615. The topological polar surface area (TPSA) is 79.4 Å². The molecule has 7 nitrogen and oxygen atoms in total. The first-order valence-corrected chi connectivity index (χ1v) is 6.97. The summed E-state index contributed by atoms with van der Waals surface area (Å²) >= 11 is 0. The number of aromatic nitrogens is 2. The zero-order chi connectivity index (χ0) is 14.4. The smallest absolute Gasteiger partial charge is 0.317 e. The number of hydrogen-bond donors (Lipinski definition) is 2. The number of ether oxygens (including phenoxy) is 1. The minimum Gasteiger partial charge on any atom is -0.478 e. The summed E-state index contributed by atoms with van der Waals surface area (Å²) in [5.41, 5.74) is 0. The van der Waals surface area contributed by atoms with Crippen LogP contribution in [0.25, 0.3) is 0 Å². The van der Waals surface area contributed by atoms with Crippen molar-refractivity contribution in [1.82, 2.24) is 20.2 Å². The van der Waals surface area contributed by atoms with E-state index in [0.29, 0.717) is 25.6 Å². The second-order valence-electron chi connectivity index (χ2n) is 4.59. The first-order chi connectivity index (χ1) is 9.72. The minimum atomic E-state index is -0.00510. The summed E-state index contributed by atoms with van der Waals surface area (Å²) in [6.07, 6.45) is 2.38. The van der Waals surface area contributed by atoms with Gasteiger partial charge in [-0.3, -0.25) is 0 Å². The van der Waals surface area contributed by atoms with E-state index in [1.165, 1.54) is 6.33 Å². The molecule has 2 amide bonds. The highest BCUT2D eigenvalue weighted by molar-refractivity contribution is 5.74. The molecule has 1 aromatic rings. The predicted octanol–water partition coefficient (Wildman–Crippen LogP) is 1.09. The average Bonchev–Trinajstić information content (AvgIpc) is 2.88. The second-order valence-corrected chi connectivity index (χ2v) is 4.59. The molecule has 0 spiro atoms. The standard InChI is InChI=1S/C13H21N5O2/c1-3-14-13(19)18-6-5-10(8-18)17-11-7-12(20-4-2)16-9-15-11/h7,9-10H,3-6,8H2,1-2H3,(H,14,19)(H,15,16,17). The maximum Gasteiger partial charge on any atom is 0.317 e. The fourth-order valence-corrected chi connectivity index (χ4v) is 2.18. The highest BCUT2D eigenvalue weighted by Crippen LogP contribution is 2.16. The van der Waals surface area contributed by atoms with Gasteiger partial charge in [-0.2, -0.15) is 0 Å². The van der Waals surface area contributed by atoms with Crippen LogP contribution in [-0.2, 0) is 0 Å². The number of hydrogen-bond acceptors (Lipinski definition) is 5. The number of amides is 2. The van der Waals surface area contributed by atoms with Gasteiger partial charge in [0.1, 0.15) is 12.1 Å². The lowest BCUT2D eigenvalue weighted by molar-refractivity contribution is 0.209. The summed E-state index contributed by atoms with van der Waals surface area (Å²) in [7, 11) is 0. The fourth-order valence-electron chi connectivity index (χ4n) is 2.18. The number of urea groups is 1. The summed E-state index contributed by atoms with van der Waals surface area (Å²) in [5.74, 6) is 1.29. The molecular formula is C13H21N5O2. The van der Waals surface area contributed by atoms with Gasteiger partial charge >= 0.3 is 6.03 Å². The maximum atomic E-state index is 11.7. The zero-order valence-corrected chi connectivity index (χ0v) is 11.9. The summed E-state index contributed by atoms with van der Waals surface area (Å²) in [6.45, 7) is 6.49. The molecule has 0 radical (unpaired) electrons. The maximum absolute atomic E-state index is 11.7. The van der Waals surface area contributed by atoms with Crippen molar-refractivity contribution in [2.45, 2.75) is 26.3 Å². The Morgan fingerprint density at radius 2 is 2.35 bits per heavy atom. The van der Waals surface area contributed by atoms with Gasteiger partial charge < -0.3 is 20.3 Å². The van der Waals surface area contributed by atoms with Gasteiger partial charge in [-0.1, -0.05) is 0 Å². The summed E-state index contributed by atoms with van der Waals surface area (Å²) < 4.78 is 5.34. The molecule has 1 aromatic heterocycles. The molecule has 1 atom stereocenters. The van der Waals surface area contributed by atoms with Gasteiger partial charge in [0, 0.05) is 31.7 Å². The molecule has 1 unspecified atom stereocenters. The first kappa shape index (κ1) is 14.4. The number of likely N-dealkylation sites (tertiary alicyclic amines) is 1. The molecule has 2 N–H and O–H groups in total. The monoisotopic (exact) mass is 279 g/mol. The van der Waals surface area contributed by atoms with Crippen molar-refractivity contribution in [2.75, 3.05) is 31.6 Å². The third-order valence-electron chi connectivity index (χ3n) is 3.09. The van der Waals surface area contributed by atoms with Crippen molar-refractivity contribution in [3.63, 3.8) is 0 Å². The summed E-state index contributed by atoms with van der Waals surface area (Å²) in [6, 6.07) is 1.98. The Morgan fingerprint density at radius 1 is 1.50 bits per heavy atom. The average molecular weight is 279 g/mol. The molecule has 7 heteroatoms. The van der Waals surface area contributed by atoms with Gasteiger partial charge in [-0.25, -0.2) is 14.8 Å². The van der Waals surface area contributed by atoms with E-state index in [1.807, 2.05) is 18.7 Å². The van der Waals surface area contributed by atoms with E-state index in [-0.39, 0.29) is 12.1 Å². The van der Waals surface area contributed by atoms with Gasteiger partial charge in [0.2, 0.25) is 5.88 Å². The Kier molecular flexibility index (Phi) is 4.97. The number of rotatable bonds is 5. The number of carbonyl (C=O) groups excluding carboxylic acids is 1. The number of nitrogens with one attached hydrogen (secondary N) is 2. The molecule has 2 heterocycles. The van der Waals surface area contributed by atoms with Gasteiger partial charge in [0.25, 0.3) is 0 Å². The van der Waals surface area contributed by atoms with Crippen LogP contribution < -0.4 is 15.4 Å². The van der Waals surface area contributed by atoms with Gasteiger partial charge in [0.15, 0.2) is 0 Å². The lowest BCUT2D eigenvalue weighted by Gasteiger charge is -2.17. The van der Waals surface area contributed by atoms with E-state index in [2.05, 4.69) is 20.6 Å². The van der Waals surface area contributed by atoms with Crippen LogP contribution in [0.4, 0.5) is 10.6 Å². The van der Waals surface area contributed by atoms with Crippen molar-refractivity contribution in [2.24, 2.45) is 0 Å². The van der Waals surface area contributed by atoms with Crippen molar-refractivity contribution >= 4 is 11.8 Å². The molecule has 110 valence electrons. The molecule has 1 aliphatic heterocycles. The van der Waals surface area contributed by atoms with E-state index < -0.39 is 0 Å². The summed E-state index contributed by atoms with van der Waals surface area (Å²) in [4.78, 5) is 21.7. The SMILES string of the molecule is CCNC(=O)N1CCC(Nc2cc(OCC)ncn2)C1. The van der Waals surface area contributed by atoms with Gasteiger partial charge in [0.05, 0.1) is 6.61 Å². The molecule has 2 rings (SSSR count). The van der Waals surface area contributed by atoms with Crippen molar-refractivity contribution in [3.05, 3.63) is 12.4 Å². The highest BCUT2D eigenvalue weighted by Gasteiger charge is 2.26. The third-order valence-corrected chi connectivity index (χ3v) is 3.09. The molecule has 1 fully saturated rings. The Labute approximate surface area is 118 Å². The quantitative estimate of drug-likeness (QED) is 0.843. The molecule has 1 saturated heterocycles. The Bertz CT molecular complexity index is 454. The Hall–Kier alpha value is -2.05. The Balaban J connectivity index is 1.88. The molecule has 20 heavy (non-hydrogen) atoms. The van der Waals surface area contributed by atoms with Crippen LogP contribution >= 0.6 is 0 Å². The number of nitrogens with zero attached hydrogens (tertiary/aromatic N) is 3. The normalized spacial score (nSPS) is 17.9. The summed E-state index contributed by atoms with van der Waals surface area (Å²) in [5, 5.41) is 6.13. The molecule has 0 aliphatic carbocycles. The number of carbonyl (C=O) groups is 1. The van der Waals surface area contributed by atoms with Crippen LogP contribution in [0.5, 0.6) is 5.88 Å². The van der Waals surface area contributed by atoms with Crippen LogP contribution in [-0.4, -0.2) is 53.2 Å². The van der Waals surface area contributed by atoms with E-state index in [9.17, 15) is 4.79 Å². The van der Waals surface area contributed by atoms with Gasteiger partial charge in [-0.05, 0) is 20.3 Å². The Morgan fingerprint density at radius 3 is 3.10 bits per heavy atom. The van der Waals surface area contributed by atoms with Crippen LogP contribution in [0.2, 0.25) is 0 Å². The number of anilines is 1. The van der Waals surface area contributed by atoms with E-state index >= 15 is 0 Å². The molecule has 0 aromatic carbocycles. The second kappa shape index (κ2) is 6.93. The predicted molar refractivity (Wildman–Crippen MR) is 75.9 cm³/mol. The van der Waals surface area contributed by atoms with E-state index in [1.54, 1.807) is 6.07 Å². The first-order valence-electron chi connectivity index (χ1n) is 6.97. The van der Waals surface area contributed by atoms with E-state index in [0.717, 1.165) is 18.8 Å². The van der Waals surface area contributed by atoms with Gasteiger partial charge in [-0.15, -0.1) is 0 Å². The molecular weight excluding hydrogens is 258 g/mol.